The molecule has 4 nitrogen and oxygen atoms in total. The van der Waals surface area contributed by atoms with Crippen molar-refractivity contribution in [3.63, 3.8) is 0 Å². The third-order valence-corrected chi connectivity index (χ3v) is 2.87. The van der Waals surface area contributed by atoms with Crippen LogP contribution in [0.4, 0.5) is 0 Å². The van der Waals surface area contributed by atoms with E-state index in [0.29, 0.717) is 12.5 Å². The van der Waals surface area contributed by atoms with Gasteiger partial charge in [-0.25, -0.2) is 0 Å². The van der Waals surface area contributed by atoms with Crippen molar-refractivity contribution in [1.82, 2.24) is 15.4 Å². The quantitative estimate of drug-likeness (QED) is 0.726. The molecule has 0 aliphatic heterocycles. The Bertz CT molecular complexity index is 298. The molecule has 1 heterocycles. The van der Waals surface area contributed by atoms with E-state index in [0.717, 1.165) is 24.2 Å². The van der Waals surface area contributed by atoms with E-state index in [2.05, 4.69) is 29.3 Å². The largest absolute Gasteiger partial charge is 0.330 e. The maximum Gasteiger partial charge on any atom is 0.0933 e. The number of nitrogens with two attached hydrogens (primary N) is 1. The topological polar surface area (TPSA) is 67.6 Å². The van der Waals surface area contributed by atoms with Gasteiger partial charge in [0.2, 0.25) is 0 Å². The molecule has 1 fully saturated rings. The molecule has 0 radical (unpaired) electrons. The number of hydrogen-bond acceptors (Lipinski definition) is 3. The van der Waals surface area contributed by atoms with Crippen LogP contribution in [0.1, 0.15) is 44.0 Å². The number of aromatic amines is 1. The molecule has 1 aromatic rings. The zero-order valence-electron chi connectivity index (χ0n) is 8.17. The van der Waals surface area contributed by atoms with Gasteiger partial charge in [0, 0.05) is 12.0 Å². The smallest absolute Gasteiger partial charge is 0.0933 e. The van der Waals surface area contributed by atoms with Gasteiger partial charge in [0.25, 0.3) is 0 Å². The highest BCUT2D eigenvalue weighted by atomic mass is 15.3. The summed E-state index contributed by atoms with van der Waals surface area (Å²) in [5.41, 5.74) is 8.09. The lowest BCUT2D eigenvalue weighted by Gasteiger charge is -2.11. The summed E-state index contributed by atoms with van der Waals surface area (Å²) in [6.45, 7) is 4.96. The Balaban J connectivity index is 2.35. The second-order valence-corrected chi connectivity index (χ2v) is 4.20. The lowest BCUT2D eigenvalue weighted by atomic mass is 9.96. The molecule has 1 aliphatic rings. The molecule has 13 heavy (non-hydrogen) atoms. The Hall–Kier alpha value is -0.900. The number of nitrogens with one attached hydrogen (secondary N) is 1. The molecular weight excluding hydrogens is 164 g/mol. The van der Waals surface area contributed by atoms with E-state index in [1.807, 2.05) is 0 Å². The van der Waals surface area contributed by atoms with Crippen LogP contribution in [-0.2, 0) is 5.41 Å². The average Bonchev–Trinajstić information content (AvgIpc) is 2.74. The summed E-state index contributed by atoms with van der Waals surface area (Å²) in [7, 11) is 0. The summed E-state index contributed by atoms with van der Waals surface area (Å²) < 4.78 is 0. The van der Waals surface area contributed by atoms with Crippen molar-refractivity contribution in [1.29, 1.82) is 0 Å². The summed E-state index contributed by atoms with van der Waals surface area (Å²) in [5.74, 6) is 0.428. The molecule has 1 aliphatic carbocycles. The molecule has 0 spiro atoms. The third-order valence-electron chi connectivity index (χ3n) is 2.87. The highest BCUT2D eigenvalue weighted by Crippen LogP contribution is 2.47. The van der Waals surface area contributed by atoms with Gasteiger partial charge in [-0.05, 0) is 18.8 Å². The molecule has 0 unspecified atom stereocenters. The molecule has 4 heteroatoms. The summed E-state index contributed by atoms with van der Waals surface area (Å²) in [6.07, 6.45) is 2.32. The summed E-state index contributed by atoms with van der Waals surface area (Å²) >= 11 is 0. The molecule has 2 rings (SSSR count). The zero-order valence-corrected chi connectivity index (χ0v) is 8.17. The fourth-order valence-electron chi connectivity index (χ4n) is 1.72. The van der Waals surface area contributed by atoms with Crippen molar-refractivity contribution < 1.29 is 0 Å². The van der Waals surface area contributed by atoms with Gasteiger partial charge in [0.1, 0.15) is 0 Å². The Labute approximate surface area is 77.9 Å². The minimum Gasteiger partial charge on any atom is -0.330 e. The van der Waals surface area contributed by atoms with Crippen LogP contribution in [0.15, 0.2) is 0 Å². The van der Waals surface area contributed by atoms with Crippen LogP contribution >= 0.6 is 0 Å². The monoisotopic (exact) mass is 180 g/mol. The van der Waals surface area contributed by atoms with Gasteiger partial charge in [-0.1, -0.05) is 13.8 Å². The van der Waals surface area contributed by atoms with Crippen molar-refractivity contribution in [2.75, 3.05) is 6.54 Å². The highest BCUT2D eigenvalue weighted by molar-refractivity contribution is 5.29. The van der Waals surface area contributed by atoms with Crippen LogP contribution < -0.4 is 5.73 Å². The molecule has 1 aromatic heterocycles. The van der Waals surface area contributed by atoms with Gasteiger partial charge in [-0.2, -0.15) is 15.4 Å². The average molecular weight is 180 g/mol. The summed E-state index contributed by atoms with van der Waals surface area (Å²) in [6, 6.07) is 0. The first-order chi connectivity index (χ1) is 6.19. The molecule has 3 N–H and O–H groups in total. The third kappa shape index (κ3) is 1.25. The minimum atomic E-state index is 0.159. The Morgan fingerprint density at radius 3 is 2.62 bits per heavy atom. The van der Waals surface area contributed by atoms with Crippen molar-refractivity contribution in [3.05, 3.63) is 11.4 Å². The summed E-state index contributed by atoms with van der Waals surface area (Å²) in [5, 5.41) is 11.1. The first-order valence-corrected chi connectivity index (χ1v) is 4.81. The van der Waals surface area contributed by atoms with Gasteiger partial charge in [-0.15, -0.1) is 0 Å². The van der Waals surface area contributed by atoms with Crippen molar-refractivity contribution >= 4 is 0 Å². The molecule has 1 saturated carbocycles. The van der Waals surface area contributed by atoms with E-state index in [1.54, 1.807) is 0 Å². The van der Waals surface area contributed by atoms with E-state index in [-0.39, 0.29) is 5.41 Å². The standard InChI is InChI=1S/C9H16N4/c1-6(2)7-8(12-13-11-7)9(5-10)3-4-9/h6H,3-5,10H2,1-2H3,(H,11,12,13). The number of aromatic nitrogens is 3. The molecule has 72 valence electrons. The van der Waals surface area contributed by atoms with Crippen LogP contribution in [0.5, 0.6) is 0 Å². The van der Waals surface area contributed by atoms with Crippen LogP contribution in [0, 0.1) is 0 Å². The first kappa shape index (κ1) is 8.69. The molecule has 0 atom stereocenters. The van der Waals surface area contributed by atoms with Crippen LogP contribution in [0.2, 0.25) is 0 Å². The number of H-pyrrole nitrogens is 1. The van der Waals surface area contributed by atoms with Crippen LogP contribution in [-0.4, -0.2) is 22.0 Å². The second kappa shape index (κ2) is 2.80. The number of nitrogens with zero attached hydrogens (tertiary/aromatic N) is 2. The molecule has 0 saturated heterocycles. The fraction of sp³-hybridized carbons (Fsp3) is 0.778. The maximum absolute atomic E-state index is 5.75. The Morgan fingerprint density at radius 1 is 1.46 bits per heavy atom. The van der Waals surface area contributed by atoms with E-state index < -0.39 is 0 Å². The van der Waals surface area contributed by atoms with Crippen LogP contribution in [0.3, 0.4) is 0 Å². The van der Waals surface area contributed by atoms with Crippen LogP contribution in [0.25, 0.3) is 0 Å². The van der Waals surface area contributed by atoms with E-state index in [4.69, 9.17) is 5.73 Å². The summed E-state index contributed by atoms with van der Waals surface area (Å²) in [4.78, 5) is 0. The molecule has 0 amide bonds. The maximum atomic E-state index is 5.75. The van der Waals surface area contributed by atoms with Gasteiger partial charge < -0.3 is 5.73 Å². The zero-order chi connectivity index (χ0) is 9.47. The second-order valence-electron chi connectivity index (χ2n) is 4.20. The van der Waals surface area contributed by atoms with E-state index >= 15 is 0 Å². The predicted octanol–water partition coefficient (Wildman–Crippen LogP) is 0.918. The van der Waals surface area contributed by atoms with Crippen molar-refractivity contribution in [2.24, 2.45) is 5.73 Å². The fourth-order valence-corrected chi connectivity index (χ4v) is 1.72. The predicted molar refractivity (Wildman–Crippen MR) is 50.4 cm³/mol. The SMILES string of the molecule is CC(C)c1n[nH]nc1C1(CN)CC1. The van der Waals surface area contributed by atoms with E-state index in [9.17, 15) is 0 Å². The normalized spacial score (nSPS) is 19.4. The molecule has 0 bridgehead atoms. The van der Waals surface area contributed by atoms with Crippen molar-refractivity contribution in [2.45, 2.75) is 38.0 Å². The van der Waals surface area contributed by atoms with Gasteiger partial charge >= 0.3 is 0 Å². The Kier molecular flexibility index (Phi) is 1.87. The van der Waals surface area contributed by atoms with Gasteiger partial charge in [-0.3, -0.25) is 0 Å². The molecular formula is C9H16N4. The van der Waals surface area contributed by atoms with Gasteiger partial charge in [0.05, 0.1) is 11.4 Å². The van der Waals surface area contributed by atoms with E-state index in [1.165, 1.54) is 0 Å². The Morgan fingerprint density at radius 2 is 2.15 bits per heavy atom. The number of rotatable bonds is 3. The molecule has 0 aromatic carbocycles. The van der Waals surface area contributed by atoms with Gasteiger partial charge in [0.15, 0.2) is 0 Å². The lowest BCUT2D eigenvalue weighted by Crippen LogP contribution is -2.22. The van der Waals surface area contributed by atoms with Crippen molar-refractivity contribution in [3.8, 4) is 0 Å². The lowest BCUT2D eigenvalue weighted by molar-refractivity contribution is 0.656. The number of hydrogen-bond donors (Lipinski definition) is 2. The first-order valence-electron chi connectivity index (χ1n) is 4.81. The highest BCUT2D eigenvalue weighted by Gasteiger charge is 2.47. The minimum absolute atomic E-state index is 0.159.